The molecule has 0 fully saturated rings. The molecule has 0 saturated carbocycles. The maximum Gasteiger partial charge on any atom is 0.0821 e. The van der Waals surface area contributed by atoms with Crippen LogP contribution in [0, 0.1) is 0 Å². The Morgan fingerprint density at radius 2 is 2.06 bits per heavy atom. The molecule has 0 spiro atoms. The highest BCUT2D eigenvalue weighted by Gasteiger charge is 2.06. The maximum atomic E-state index is 9.31. The third kappa shape index (κ3) is 1.80. The van der Waals surface area contributed by atoms with Gasteiger partial charge in [-0.3, -0.25) is 4.68 Å². The molecule has 0 atom stereocenters. The van der Waals surface area contributed by atoms with Crippen LogP contribution >= 0.6 is 0 Å². The molecule has 0 aliphatic heterocycles. The number of rotatable bonds is 3. The van der Waals surface area contributed by atoms with Gasteiger partial charge >= 0.3 is 0 Å². The zero-order valence-electron chi connectivity index (χ0n) is 10.2. The van der Waals surface area contributed by atoms with Gasteiger partial charge in [-0.15, -0.1) is 0 Å². The second kappa shape index (κ2) is 4.31. The van der Waals surface area contributed by atoms with Crippen LogP contribution in [0.4, 0.5) is 0 Å². The van der Waals surface area contributed by atoms with Gasteiger partial charge in [-0.25, -0.2) is 0 Å². The average molecular weight is 241 g/mol. The van der Waals surface area contributed by atoms with Crippen LogP contribution in [0.2, 0.25) is 0 Å². The van der Waals surface area contributed by atoms with Crippen LogP contribution < -0.4 is 0 Å². The smallest absolute Gasteiger partial charge is 0.0821 e. The highest BCUT2D eigenvalue weighted by molar-refractivity contribution is 5.83. The lowest BCUT2D eigenvalue weighted by molar-refractivity contribution is 0.283. The monoisotopic (exact) mass is 241 g/mol. The van der Waals surface area contributed by atoms with Crippen molar-refractivity contribution in [3.63, 3.8) is 0 Å². The first-order valence-corrected chi connectivity index (χ1v) is 5.94. The standard InChI is InChI=1S/C14H15N3O/c1-16-7-5-12(15-16)9-17-8-6-13-11(10-18)3-2-4-14(13)17/h2-8,18H,9-10H2,1H3. The van der Waals surface area contributed by atoms with Gasteiger partial charge in [-0.2, -0.15) is 5.10 Å². The number of aliphatic hydroxyl groups is 1. The first-order chi connectivity index (χ1) is 8.78. The predicted octanol–water partition coefficient (Wildman–Crippen LogP) is 1.92. The zero-order chi connectivity index (χ0) is 12.5. The van der Waals surface area contributed by atoms with Crippen LogP contribution in [-0.4, -0.2) is 19.5 Å². The number of fused-ring (bicyclic) bond motifs is 1. The van der Waals surface area contributed by atoms with Gasteiger partial charge in [0, 0.05) is 30.3 Å². The average Bonchev–Trinajstić information content (AvgIpc) is 2.97. The van der Waals surface area contributed by atoms with E-state index in [0.717, 1.165) is 28.7 Å². The molecule has 3 rings (SSSR count). The summed E-state index contributed by atoms with van der Waals surface area (Å²) in [4.78, 5) is 0. The van der Waals surface area contributed by atoms with Gasteiger partial charge in [0.15, 0.2) is 0 Å². The van der Waals surface area contributed by atoms with Gasteiger partial charge in [0.05, 0.1) is 18.8 Å². The van der Waals surface area contributed by atoms with Gasteiger partial charge in [0.25, 0.3) is 0 Å². The van der Waals surface area contributed by atoms with Crippen LogP contribution in [0.15, 0.2) is 42.7 Å². The number of benzene rings is 1. The van der Waals surface area contributed by atoms with Crippen molar-refractivity contribution in [3.05, 3.63) is 54.0 Å². The molecular formula is C14H15N3O. The lowest BCUT2D eigenvalue weighted by Gasteiger charge is -2.04. The van der Waals surface area contributed by atoms with Crippen molar-refractivity contribution < 1.29 is 5.11 Å². The molecule has 0 bridgehead atoms. The lowest BCUT2D eigenvalue weighted by Crippen LogP contribution is -2.00. The maximum absolute atomic E-state index is 9.31. The minimum absolute atomic E-state index is 0.0743. The zero-order valence-corrected chi connectivity index (χ0v) is 10.2. The Hall–Kier alpha value is -2.07. The second-order valence-corrected chi connectivity index (χ2v) is 4.43. The Balaban J connectivity index is 2.02. The molecule has 0 radical (unpaired) electrons. The molecule has 1 N–H and O–H groups in total. The third-order valence-electron chi connectivity index (χ3n) is 3.18. The molecule has 0 aliphatic carbocycles. The summed E-state index contributed by atoms with van der Waals surface area (Å²) in [6.45, 7) is 0.824. The SMILES string of the molecule is Cn1ccc(Cn2ccc3c(CO)cccc32)n1. The molecule has 18 heavy (non-hydrogen) atoms. The summed E-state index contributed by atoms with van der Waals surface area (Å²) in [7, 11) is 1.92. The second-order valence-electron chi connectivity index (χ2n) is 4.43. The Kier molecular flexibility index (Phi) is 2.64. The molecule has 0 saturated heterocycles. The molecule has 0 unspecified atom stereocenters. The first-order valence-electron chi connectivity index (χ1n) is 5.94. The Labute approximate surface area is 105 Å². The van der Waals surface area contributed by atoms with Gasteiger partial charge in [0.1, 0.15) is 0 Å². The van der Waals surface area contributed by atoms with Gasteiger partial charge < -0.3 is 9.67 Å². The van der Waals surface area contributed by atoms with E-state index in [1.54, 1.807) is 4.68 Å². The van der Waals surface area contributed by atoms with Crippen molar-refractivity contribution in [1.29, 1.82) is 0 Å². The fourth-order valence-electron chi connectivity index (χ4n) is 2.28. The largest absolute Gasteiger partial charge is 0.392 e. The quantitative estimate of drug-likeness (QED) is 0.761. The van der Waals surface area contributed by atoms with Crippen molar-refractivity contribution >= 4 is 10.9 Å². The molecule has 3 aromatic rings. The summed E-state index contributed by atoms with van der Waals surface area (Å²) in [6, 6.07) is 10.1. The highest BCUT2D eigenvalue weighted by atomic mass is 16.3. The summed E-state index contributed by atoms with van der Waals surface area (Å²) in [6.07, 6.45) is 3.98. The van der Waals surface area contributed by atoms with Crippen LogP contribution in [0.1, 0.15) is 11.3 Å². The molecular weight excluding hydrogens is 226 g/mol. The van der Waals surface area contributed by atoms with E-state index in [-0.39, 0.29) is 6.61 Å². The molecule has 2 heterocycles. The van der Waals surface area contributed by atoms with Crippen molar-refractivity contribution in [2.24, 2.45) is 7.05 Å². The van der Waals surface area contributed by atoms with Gasteiger partial charge in [-0.1, -0.05) is 12.1 Å². The number of nitrogens with zero attached hydrogens (tertiary/aromatic N) is 3. The van der Waals surface area contributed by atoms with E-state index in [0.29, 0.717) is 0 Å². The summed E-state index contributed by atoms with van der Waals surface area (Å²) < 4.78 is 3.96. The van der Waals surface area contributed by atoms with Crippen LogP contribution in [-0.2, 0) is 20.2 Å². The Bertz CT molecular complexity index is 681. The third-order valence-corrected chi connectivity index (χ3v) is 3.18. The summed E-state index contributed by atoms with van der Waals surface area (Å²) in [5, 5.41) is 14.8. The van der Waals surface area contributed by atoms with E-state index in [4.69, 9.17) is 0 Å². The van der Waals surface area contributed by atoms with E-state index < -0.39 is 0 Å². The molecule has 92 valence electrons. The summed E-state index contributed by atoms with van der Waals surface area (Å²) in [5.41, 5.74) is 3.13. The lowest BCUT2D eigenvalue weighted by atomic mass is 10.1. The van der Waals surface area contributed by atoms with Gasteiger partial charge in [0.2, 0.25) is 0 Å². The molecule has 0 amide bonds. The summed E-state index contributed by atoms with van der Waals surface area (Å²) in [5.74, 6) is 0. The number of hydrogen-bond acceptors (Lipinski definition) is 2. The van der Waals surface area contributed by atoms with Crippen molar-refractivity contribution in [3.8, 4) is 0 Å². The van der Waals surface area contributed by atoms with E-state index in [9.17, 15) is 5.11 Å². The Morgan fingerprint density at radius 3 is 2.78 bits per heavy atom. The number of aryl methyl sites for hydroxylation is 1. The van der Waals surface area contributed by atoms with E-state index in [1.807, 2.05) is 43.7 Å². The number of aromatic nitrogens is 3. The van der Waals surface area contributed by atoms with Crippen molar-refractivity contribution in [2.45, 2.75) is 13.2 Å². The van der Waals surface area contributed by atoms with Crippen LogP contribution in [0.3, 0.4) is 0 Å². The predicted molar refractivity (Wildman–Crippen MR) is 70.2 cm³/mol. The van der Waals surface area contributed by atoms with Crippen LogP contribution in [0.25, 0.3) is 10.9 Å². The minimum atomic E-state index is 0.0743. The number of hydrogen-bond donors (Lipinski definition) is 1. The van der Waals surface area contributed by atoms with Gasteiger partial charge in [-0.05, 0) is 23.8 Å². The van der Waals surface area contributed by atoms with Crippen molar-refractivity contribution in [1.82, 2.24) is 14.3 Å². The normalized spacial score (nSPS) is 11.2. The first kappa shape index (κ1) is 11.0. The molecule has 0 aliphatic rings. The molecule has 1 aromatic carbocycles. The molecule has 4 nitrogen and oxygen atoms in total. The molecule has 4 heteroatoms. The minimum Gasteiger partial charge on any atom is -0.392 e. The topological polar surface area (TPSA) is 43.0 Å². The van der Waals surface area contributed by atoms with E-state index in [2.05, 4.69) is 15.7 Å². The Morgan fingerprint density at radius 1 is 1.17 bits per heavy atom. The van der Waals surface area contributed by atoms with Crippen molar-refractivity contribution in [2.75, 3.05) is 0 Å². The molecule has 2 aromatic heterocycles. The summed E-state index contributed by atoms with van der Waals surface area (Å²) >= 11 is 0. The number of aliphatic hydroxyl groups excluding tert-OH is 1. The fraction of sp³-hybridized carbons (Fsp3) is 0.214. The van der Waals surface area contributed by atoms with E-state index >= 15 is 0 Å². The van der Waals surface area contributed by atoms with E-state index in [1.165, 1.54) is 0 Å². The highest BCUT2D eigenvalue weighted by Crippen LogP contribution is 2.21. The fourth-order valence-corrected chi connectivity index (χ4v) is 2.28. The van der Waals surface area contributed by atoms with Crippen LogP contribution in [0.5, 0.6) is 0 Å².